The highest BCUT2D eigenvalue weighted by Gasteiger charge is 2.53. The summed E-state index contributed by atoms with van der Waals surface area (Å²) >= 11 is 0. The van der Waals surface area contributed by atoms with Crippen LogP contribution in [0, 0.1) is 0 Å². The van der Waals surface area contributed by atoms with Crippen LogP contribution in [0.2, 0.25) is 0 Å². The van der Waals surface area contributed by atoms with E-state index in [1.54, 1.807) is 6.08 Å². The van der Waals surface area contributed by atoms with E-state index >= 15 is 0 Å². The molecule has 3 saturated heterocycles. The molecule has 17 unspecified atom stereocenters. The highest BCUT2D eigenvalue weighted by atomic mass is 16.8. The summed E-state index contributed by atoms with van der Waals surface area (Å²) in [7, 11) is 0. The largest absolute Gasteiger partial charge is 0.394 e. The van der Waals surface area contributed by atoms with Crippen LogP contribution in [-0.2, 0) is 33.2 Å². The highest BCUT2D eigenvalue weighted by molar-refractivity contribution is 5.76. The van der Waals surface area contributed by atoms with Gasteiger partial charge in [0.15, 0.2) is 18.9 Å². The standard InChI is InChI=1S/C43H79NO18/c1-3-5-7-9-10-11-12-13-14-15-16-17-18-20-27(48)26(44-31(49)21-19-8-6-4-2)25-57-41-37(55)34(52)39(29(23-46)59-41)62-43-38(56)35(53)40(30(24-47)60-43)61-42-36(54)33(51)32(50)28(22-45)58-42/h18,20,26-30,32-43,45-48,50-56H,3-17,19,21-25H2,1-2H3,(H,44,49)/b20-18+. The number of aliphatic hydroxyl groups excluding tert-OH is 11. The first-order valence-corrected chi connectivity index (χ1v) is 22.9. The second-order valence-corrected chi connectivity index (χ2v) is 16.9. The average Bonchev–Trinajstić information content (AvgIpc) is 3.27. The Hall–Kier alpha value is -1.47. The van der Waals surface area contributed by atoms with Gasteiger partial charge >= 0.3 is 0 Å². The van der Waals surface area contributed by atoms with Crippen LogP contribution in [0.4, 0.5) is 0 Å². The molecule has 0 spiro atoms. The number of hydrogen-bond donors (Lipinski definition) is 12. The summed E-state index contributed by atoms with van der Waals surface area (Å²) in [6.07, 6.45) is -5.42. The van der Waals surface area contributed by atoms with Gasteiger partial charge in [-0.15, -0.1) is 0 Å². The van der Waals surface area contributed by atoms with E-state index in [0.29, 0.717) is 6.42 Å². The summed E-state index contributed by atoms with van der Waals surface area (Å²) in [5.74, 6) is -0.297. The molecule has 0 aliphatic carbocycles. The number of aliphatic hydroxyl groups is 11. The van der Waals surface area contributed by atoms with Crippen LogP contribution in [0.5, 0.6) is 0 Å². The summed E-state index contributed by atoms with van der Waals surface area (Å²) in [5.41, 5.74) is 0. The van der Waals surface area contributed by atoms with Crippen LogP contribution < -0.4 is 5.32 Å². The van der Waals surface area contributed by atoms with Gasteiger partial charge in [-0.2, -0.15) is 0 Å². The molecule has 3 rings (SSSR count). The van der Waals surface area contributed by atoms with Crippen molar-refractivity contribution in [3.05, 3.63) is 12.2 Å². The lowest BCUT2D eigenvalue weighted by molar-refractivity contribution is -0.379. The van der Waals surface area contributed by atoms with Crippen LogP contribution in [-0.4, -0.2) is 193 Å². The molecule has 19 heteroatoms. The Bertz CT molecular complexity index is 1220. The lowest BCUT2D eigenvalue weighted by Gasteiger charge is -2.48. The Kier molecular flexibility index (Phi) is 26.5. The van der Waals surface area contributed by atoms with Gasteiger partial charge in [0.1, 0.15) is 73.2 Å². The van der Waals surface area contributed by atoms with Gasteiger partial charge in [-0.3, -0.25) is 4.79 Å². The third-order valence-corrected chi connectivity index (χ3v) is 11.8. The van der Waals surface area contributed by atoms with E-state index in [4.69, 9.17) is 28.4 Å². The average molecular weight is 898 g/mol. The van der Waals surface area contributed by atoms with Crippen molar-refractivity contribution in [1.29, 1.82) is 0 Å². The van der Waals surface area contributed by atoms with Crippen molar-refractivity contribution in [3.8, 4) is 0 Å². The van der Waals surface area contributed by atoms with Crippen molar-refractivity contribution in [2.24, 2.45) is 0 Å². The van der Waals surface area contributed by atoms with E-state index in [1.807, 2.05) is 6.08 Å². The van der Waals surface area contributed by atoms with Crippen molar-refractivity contribution in [3.63, 3.8) is 0 Å². The van der Waals surface area contributed by atoms with E-state index in [1.165, 1.54) is 51.4 Å². The molecule has 3 fully saturated rings. The molecule has 19 nitrogen and oxygen atoms in total. The number of allylic oxidation sites excluding steroid dienone is 1. The fraction of sp³-hybridized carbons (Fsp3) is 0.930. The van der Waals surface area contributed by atoms with Gasteiger partial charge in [0.05, 0.1) is 38.6 Å². The Morgan fingerprint density at radius 2 is 1.00 bits per heavy atom. The van der Waals surface area contributed by atoms with E-state index < -0.39 is 124 Å². The maximum atomic E-state index is 12.9. The van der Waals surface area contributed by atoms with Gasteiger partial charge in [-0.1, -0.05) is 109 Å². The zero-order valence-corrected chi connectivity index (χ0v) is 36.6. The number of ether oxygens (including phenoxy) is 6. The van der Waals surface area contributed by atoms with E-state index in [9.17, 15) is 61.0 Å². The number of carbonyl (C=O) groups excluding carboxylic acids is 1. The maximum Gasteiger partial charge on any atom is 0.220 e. The SMILES string of the molecule is CCCCCCCCCCCCC/C=C/C(O)C(COC1OC(CO)C(OC2OC(CO)C(OC3OC(CO)C(O)C(O)C3O)C(O)C2O)C(O)C1O)NC(=O)CCCCCC. The van der Waals surface area contributed by atoms with Gasteiger partial charge in [0.25, 0.3) is 0 Å². The predicted molar refractivity (Wildman–Crippen MR) is 222 cm³/mol. The molecule has 0 aromatic heterocycles. The molecule has 0 radical (unpaired) electrons. The molecule has 62 heavy (non-hydrogen) atoms. The van der Waals surface area contributed by atoms with Gasteiger partial charge < -0.3 is 89.9 Å². The summed E-state index contributed by atoms with van der Waals surface area (Å²) in [6, 6.07) is -0.961. The summed E-state index contributed by atoms with van der Waals surface area (Å²) < 4.78 is 33.9. The number of nitrogens with one attached hydrogen (secondary N) is 1. The molecule has 3 aliphatic rings. The number of amides is 1. The summed E-state index contributed by atoms with van der Waals surface area (Å²) in [4.78, 5) is 12.9. The van der Waals surface area contributed by atoms with Gasteiger partial charge in [0, 0.05) is 6.42 Å². The van der Waals surface area contributed by atoms with Crippen LogP contribution >= 0.6 is 0 Å². The molecule has 12 N–H and O–H groups in total. The molecule has 0 aromatic carbocycles. The molecule has 0 aromatic rings. The third kappa shape index (κ3) is 17.1. The first kappa shape index (κ1) is 54.9. The minimum absolute atomic E-state index is 0.236. The fourth-order valence-corrected chi connectivity index (χ4v) is 7.89. The number of carbonyl (C=O) groups is 1. The van der Waals surface area contributed by atoms with E-state index in [0.717, 1.165) is 44.9 Å². The number of unbranched alkanes of at least 4 members (excludes halogenated alkanes) is 14. The quantitative estimate of drug-likeness (QED) is 0.0320. The van der Waals surface area contributed by atoms with Gasteiger partial charge in [-0.05, 0) is 19.3 Å². The van der Waals surface area contributed by atoms with Crippen LogP contribution in [0.25, 0.3) is 0 Å². The van der Waals surface area contributed by atoms with Crippen molar-refractivity contribution < 1.29 is 89.4 Å². The van der Waals surface area contributed by atoms with Crippen LogP contribution in [0.3, 0.4) is 0 Å². The highest BCUT2D eigenvalue weighted by Crippen LogP contribution is 2.33. The second-order valence-electron chi connectivity index (χ2n) is 16.9. The molecule has 0 saturated carbocycles. The normalized spacial score (nSPS) is 35.3. The van der Waals surface area contributed by atoms with Crippen molar-refractivity contribution in [1.82, 2.24) is 5.32 Å². The Morgan fingerprint density at radius 1 is 0.565 bits per heavy atom. The lowest BCUT2D eigenvalue weighted by Crippen LogP contribution is -2.66. The molecule has 17 atom stereocenters. The molecule has 1 amide bonds. The molecule has 364 valence electrons. The van der Waals surface area contributed by atoms with Crippen LogP contribution in [0.1, 0.15) is 123 Å². The summed E-state index contributed by atoms with van der Waals surface area (Å²) in [5, 5.41) is 119. The third-order valence-electron chi connectivity index (χ3n) is 11.8. The molecular weight excluding hydrogens is 818 g/mol. The Balaban J connectivity index is 1.57. The Morgan fingerprint density at radius 3 is 1.52 bits per heavy atom. The maximum absolute atomic E-state index is 12.9. The van der Waals surface area contributed by atoms with Gasteiger partial charge in [0.2, 0.25) is 5.91 Å². The smallest absolute Gasteiger partial charge is 0.220 e. The molecule has 3 heterocycles. The lowest BCUT2D eigenvalue weighted by atomic mass is 9.96. The first-order valence-electron chi connectivity index (χ1n) is 22.9. The predicted octanol–water partition coefficient (Wildman–Crippen LogP) is -0.475. The molecule has 3 aliphatic heterocycles. The zero-order chi connectivity index (χ0) is 45.6. The topological polar surface area (TPSA) is 307 Å². The monoisotopic (exact) mass is 898 g/mol. The minimum Gasteiger partial charge on any atom is -0.394 e. The first-order chi connectivity index (χ1) is 29.8. The molecular formula is C43H79NO18. The zero-order valence-electron chi connectivity index (χ0n) is 36.6. The Labute approximate surface area is 365 Å². The number of rotatable bonds is 30. The fourth-order valence-electron chi connectivity index (χ4n) is 7.89. The minimum atomic E-state index is -1.97. The summed E-state index contributed by atoms with van der Waals surface area (Å²) in [6.45, 7) is 1.52. The molecule has 0 bridgehead atoms. The van der Waals surface area contributed by atoms with Crippen molar-refractivity contribution in [2.45, 2.75) is 227 Å². The van der Waals surface area contributed by atoms with E-state index in [2.05, 4.69) is 19.2 Å². The number of hydrogen-bond acceptors (Lipinski definition) is 18. The van der Waals surface area contributed by atoms with Crippen molar-refractivity contribution in [2.75, 3.05) is 26.4 Å². The van der Waals surface area contributed by atoms with Crippen molar-refractivity contribution >= 4 is 5.91 Å². The van der Waals surface area contributed by atoms with Gasteiger partial charge in [-0.25, -0.2) is 0 Å². The van der Waals surface area contributed by atoms with Crippen LogP contribution in [0.15, 0.2) is 12.2 Å². The van der Waals surface area contributed by atoms with E-state index in [-0.39, 0.29) is 18.9 Å². The second kappa shape index (κ2) is 29.9.